The second kappa shape index (κ2) is 8.71. The smallest absolute Gasteiger partial charge is 0.294 e. The molecule has 2 aliphatic rings. The molecule has 0 spiro atoms. The van der Waals surface area contributed by atoms with Crippen LogP contribution in [0, 0.1) is 24.0 Å². The zero-order chi connectivity index (χ0) is 23.0. The molecule has 2 fully saturated rings. The number of benzene rings is 1. The molecule has 2 aliphatic heterocycles. The van der Waals surface area contributed by atoms with Gasteiger partial charge in [-0.2, -0.15) is 0 Å². The average Bonchev–Trinajstić information content (AvgIpc) is 3.21. The quantitative estimate of drug-likeness (QED) is 0.321. The van der Waals surface area contributed by atoms with Crippen molar-refractivity contribution in [1.82, 2.24) is 14.8 Å². The summed E-state index contributed by atoms with van der Waals surface area (Å²) in [5.41, 5.74) is 4.41. The summed E-state index contributed by atoms with van der Waals surface area (Å²) in [7, 11) is 0. The number of nitro benzene ring substituents is 1. The minimum atomic E-state index is -0.341. The van der Waals surface area contributed by atoms with E-state index >= 15 is 0 Å². The van der Waals surface area contributed by atoms with Crippen LogP contribution in [0.25, 0.3) is 11.8 Å². The molecule has 0 atom stereocenters. The number of hydrogen-bond acceptors (Lipinski definition) is 6. The van der Waals surface area contributed by atoms with Crippen LogP contribution in [-0.4, -0.2) is 58.3 Å². The van der Waals surface area contributed by atoms with Crippen LogP contribution in [-0.2, 0) is 9.53 Å². The van der Waals surface area contributed by atoms with E-state index in [1.807, 2.05) is 42.4 Å². The van der Waals surface area contributed by atoms with Crippen molar-refractivity contribution in [2.45, 2.75) is 20.8 Å². The number of amides is 1. The Morgan fingerprint density at radius 3 is 2.59 bits per heavy atom. The van der Waals surface area contributed by atoms with Gasteiger partial charge in [-0.3, -0.25) is 19.8 Å². The van der Waals surface area contributed by atoms with Crippen LogP contribution in [0.1, 0.15) is 23.9 Å². The minimum absolute atomic E-state index is 0.0633. The number of nitrogens with zero attached hydrogens (tertiary/aromatic N) is 4. The molecular formula is C22H25N5O4S. The van der Waals surface area contributed by atoms with Gasteiger partial charge in [-0.15, -0.1) is 0 Å². The van der Waals surface area contributed by atoms with Crippen LogP contribution in [0.5, 0.6) is 0 Å². The number of aromatic nitrogens is 1. The Morgan fingerprint density at radius 1 is 1.25 bits per heavy atom. The summed E-state index contributed by atoms with van der Waals surface area (Å²) in [6.07, 6.45) is 1.78. The van der Waals surface area contributed by atoms with E-state index in [1.165, 1.54) is 4.90 Å². The summed E-state index contributed by atoms with van der Waals surface area (Å²) >= 11 is 5.23. The summed E-state index contributed by atoms with van der Waals surface area (Å²) in [5.74, 6) is -0.159. The normalized spacial score (nSPS) is 17.9. The molecule has 9 nitrogen and oxygen atoms in total. The summed E-state index contributed by atoms with van der Waals surface area (Å²) < 4.78 is 7.33. The van der Waals surface area contributed by atoms with Gasteiger partial charge in [0.2, 0.25) is 0 Å². The molecule has 10 heteroatoms. The molecule has 0 aliphatic carbocycles. The molecule has 2 aromatic rings. The van der Waals surface area contributed by atoms with Gasteiger partial charge in [-0.25, -0.2) is 0 Å². The summed E-state index contributed by atoms with van der Waals surface area (Å²) in [6.45, 7) is 8.58. The molecule has 168 valence electrons. The molecule has 0 radical (unpaired) electrons. The van der Waals surface area contributed by atoms with E-state index in [2.05, 4.69) is 5.32 Å². The second-order valence-corrected chi connectivity index (χ2v) is 8.12. The topological polar surface area (TPSA) is 92.9 Å². The van der Waals surface area contributed by atoms with Gasteiger partial charge in [0.15, 0.2) is 5.11 Å². The summed E-state index contributed by atoms with van der Waals surface area (Å²) in [4.78, 5) is 27.5. The minimum Gasteiger partial charge on any atom is -0.378 e. The van der Waals surface area contributed by atoms with Gasteiger partial charge in [0, 0.05) is 37.1 Å². The summed E-state index contributed by atoms with van der Waals surface area (Å²) in [5, 5.41) is 15.2. The third-order valence-electron chi connectivity index (χ3n) is 5.81. The zero-order valence-electron chi connectivity index (χ0n) is 18.3. The van der Waals surface area contributed by atoms with Crippen LogP contribution in [0.4, 0.5) is 11.4 Å². The molecule has 2 saturated heterocycles. The monoisotopic (exact) mass is 455 g/mol. The Hall–Kier alpha value is -3.24. The number of anilines is 1. The Balaban J connectivity index is 1.72. The predicted octanol–water partition coefficient (Wildman–Crippen LogP) is 2.92. The van der Waals surface area contributed by atoms with Crippen LogP contribution in [0.2, 0.25) is 0 Å². The molecule has 1 N–H and O–H groups in total. The fourth-order valence-corrected chi connectivity index (χ4v) is 4.54. The Kier molecular flexibility index (Phi) is 5.98. The van der Waals surface area contributed by atoms with Gasteiger partial charge in [-0.05, 0) is 62.8 Å². The molecule has 3 heterocycles. The maximum Gasteiger partial charge on any atom is 0.294 e. The molecule has 0 bridgehead atoms. The van der Waals surface area contributed by atoms with Gasteiger partial charge in [-0.1, -0.05) is 0 Å². The predicted molar refractivity (Wildman–Crippen MR) is 126 cm³/mol. The van der Waals surface area contributed by atoms with E-state index in [1.54, 1.807) is 18.2 Å². The van der Waals surface area contributed by atoms with E-state index in [9.17, 15) is 14.9 Å². The van der Waals surface area contributed by atoms with E-state index in [-0.39, 0.29) is 16.5 Å². The SMILES string of the molecule is CCN1C(=O)/C(=C/c2cc(C)n(-c3ccc(N4CCOCC4)c([N+](=O)[O-])c3)c2C)NC1=S. The largest absolute Gasteiger partial charge is 0.378 e. The number of carbonyl (C=O) groups is 1. The van der Waals surface area contributed by atoms with Gasteiger partial charge >= 0.3 is 0 Å². The highest BCUT2D eigenvalue weighted by Gasteiger charge is 2.29. The highest BCUT2D eigenvalue weighted by Crippen LogP contribution is 2.33. The number of aryl methyl sites for hydroxylation is 1. The maximum absolute atomic E-state index is 12.5. The summed E-state index contributed by atoms with van der Waals surface area (Å²) in [6, 6.07) is 7.25. The van der Waals surface area contributed by atoms with E-state index < -0.39 is 0 Å². The standard InChI is InChI=1S/C22H25N5O4S/c1-4-25-21(28)18(23-22(25)32)12-16-11-14(2)26(15(16)3)17-5-6-19(20(13-17)27(29)30)24-7-9-31-10-8-24/h5-6,11-13H,4,7-10H2,1-3H3,(H,23,32)/b18-12-. The molecule has 32 heavy (non-hydrogen) atoms. The Bertz CT molecular complexity index is 1130. The fourth-order valence-electron chi connectivity index (χ4n) is 4.21. The maximum atomic E-state index is 12.5. The van der Waals surface area contributed by atoms with Crippen LogP contribution >= 0.6 is 12.2 Å². The Morgan fingerprint density at radius 2 is 1.97 bits per heavy atom. The number of thiocarbonyl (C=S) groups is 1. The number of likely N-dealkylation sites (N-methyl/N-ethyl adjacent to an activating group) is 1. The lowest BCUT2D eigenvalue weighted by molar-refractivity contribution is -0.384. The van der Waals surface area contributed by atoms with Crippen molar-refractivity contribution in [1.29, 1.82) is 0 Å². The van der Waals surface area contributed by atoms with E-state index in [4.69, 9.17) is 17.0 Å². The number of morpholine rings is 1. The molecule has 1 aromatic heterocycles. The van der Waals surface area contributed by atoms with Crippen molar-refractivity contribution in [3.63, 3.8) is 0 Å². The Labute approximate surface area is 191 Å². The van der Waals surface area contributed by atoms with Crippen LogP contribution in [0.3, 0.4) is 0 Å². The highest BCUT2D eigenvalue weighted by atomic mass is 32.1. The molecule has 0 unspecified atom stereocenters. The molecule has 4 rings (SSSR count). The van der Waals surface area contributed by atoms with Gasteiger partial charge < -0.3 is 19.5 Å². The molecule has 1 amide bonds. The van der Waals surface area contributed by atoms with Crippen molar-refractivity contribution in [3.05, 3.63) is 57.0 Å². The first kappa shape index (κ1) is 22.0. The van der Waals surface area contributed by atoms with E-state index in [0.717, 1.165) is 17.0 Å². The number of nitrogens with one attached hydrogen (secondary N) is 1. The highest BCUT2D eigenvalue weighted by molar-refractivity contribution is 7.80. The first-order valence-corrected chi connectivity index (χ1v) is 10.9. The van der Waals surface area contributed by atoms with Crippen molar-refractivity contribution in [2.24, 2.45) is 0 Å². The number of nitro groups is 1. The van der Waals surface area contributed by atoms with Crippen molar-refractivity contribution >= 4 is 40.7 Å². The van der Waals surface area contributed by atoms with Crippen LogP contribution in [0.15, 0.2) is 30.0 Å². The third kappa shape index (κ3) is 3.87. The van der Waals surface area contributed by atoms with Crippen molar-refractivity contribution < 1.29 is 14.5 Å². The average molecular weight is 456 g/mol. The van der Waals surface area contributed by atoms with Gasteiger partial charge in [0.25, 0.3) is 11.6 Å². The fraction of sp³-hybridized carbons (Fsp3) is 0.364. The molecule has 0 saturated carbocycles. The first-order chi connectivity index (χ1) is 15.3. The lowest BCUT2D eigenvalue weighted by atomic mass is 10.2. The van der Waals surface area contributed by atoms with Gasteiger partial charge in [0.05, 0.1) is 23.8 Å². The van der Waals surface area contributed by atoms with Crippen LogP contribution < -0.4 is 10.2 Å². The zero-order valence-corrected chi connectivity index (χ0v) is 19.1. The van der Waals surface area contributed by atoms with Crippen molar-refractivity contribution in [3.8, 4) is 5.69 Å². The van der Waals surface area contributed by atoms with E-state index in [0.29, 0.717) is 55.0 Å². The first-order valence-electron chi connectivity index (χ1n) is 10.5. The number of carbonyl (C=O) groups excluding carboxylic acids is 1. The second-order valence-electron chi connectivity index (χ2n) is 7.73. The number of ether oxygens (including phenoxy) is 1. The number of hydrogen-bond donors (Lipinski definition) is 1. The third-order valence-corrected chi connectivity index (χ3v) is 6.14. The number of rotatable bonds is 5. The molecule has 1 aromatic carbocycles. The molecular weight excluding hydrogens is 430 g/mol. The lowest BCUT2D eigenvalue weighted by Crippen LogP contribution is -2.36. The lowest BCUT2D eigenvalue weighted by Gasteiger charge is -2.28. The van der Waals surface area contributed by atoms with Crippen molar-refractivity contribution in [2.75, 3.05) is 37.7 Å². The van der Waals surface area contributed by atoms with Gasteiger partial charge in [0.1, 0.15) is 11.4 Å².